The van der Waals surface area contributed by atoms with Crippen LogP contribution in [0, 0.1) is 0 Å². The van der Waals surface area contributed by atoms with E-state index in [0.29, 0.717) is 0 Å². The molecule has 0 radical (unpaired) electrons. The Bertz CT molecular complexity index is 49.6. The number of rotatable bonds is 2. The first-order valence-electron chi connectivity index (χ1n) is 2.36. The minimum atomic E-state index is -3.48. The molecule has 0 fully saturated rings. The molecular formula is C4H7F5O. The Kier molecular flexibility index (Phi) is 10.6. The van der Waals surface area contributed by atoms with E-state index in [-0.39, 0.29) is 6.61 Å². The summed E-state index contributed by atoms with van der Waals surface area (Å²) >= 11 is 0. The topological polar surface area (TPSA) is 9.23 Å². The lowest BCUT2D eigenvalue weighted by molar-refractivity contribution is -0.125. The van der Waals surface area contributed by atoms with E-state index in [1.165, 1.54) is 0 Å². The highest BCUT2D eigenvalue weighted by atomic mass is 19.3. The summed E-state index contributed by atoms with van der Waals surface area (Å²) in [6, 6.07) is 0. The molecule has 0 amide bonds. The molecule has 0 bridgehead atoms. The van der Waals surface area contributed by atoms with E-state index in [1.54, 1.807) is 6.92 Å². The zero-order valence-corrected chi connectivity index (χ0v) is 5.16. The van der Waals surface area contributed by atoms with Crippen molar-refractivity contribution in [2.45, 2.75) is 19.8 Å². The van der Waals surface area contributed by atoms with Crippen molar-refractivity contribution in [2.75, 3.05) is 6.61 Å². The molecule has 0 aliphatic carbocycles. The summed E-state index contributed by atoms with van der Waals surface area (Å²) in [5, 5.41) is 0. The van der Waals surface area contributed by atoms with Crippen LogP contribution in [0.15, 0.2) is 0 Å². The zero-order chi connectivity index (χ0) is 8.57. The maximum Gasteiger partial charge on any atom is 0.298 e. The van der Waals surface area contributed by atoms with Crippen LogP contribution in [0.1, 0.15) is 6.92 Å². The van der Waals surface area contributed by atoms with Gasteiger partial charge in [-0.05, 0) is 11.4 Å². The zero-order valence-electron chi connectivity index (χ0n) is 5.16. The van der Waals surface area contributed by atoms with Gasteiger partial charge in [-0.25, -0.2) is 17.6 Å². The van der Waals surface area contributed by atoms with Gasteiger partial charge in [0, 0.05) is 0 Å². The quantitative estimate of drug-likeness (QED) is 0.572. The SMILES string of the molecule is CCOF.FC(F)C(F)F. The molecule has 0 saturated heterocycles. The molecule has 0 aliphatic heterocycles. The van der Waals surface area contributed by atoms with E-state index in [2.05, 4.69) is 4.94 Å². The van der Waals surface area contributed by atoms with Crippen molar-refractivity contribution in [3.05, 3.63) is 0 Å². The molecule has 0 rings (SSSR count). The third-order valence-electron chi connectivity index (χ3n) is 0.300. The Morgan fingerprint density at radius 3 is 1.30 bits per heavy atom. The van der Waals surface area contributed by atoms with E-state index in [9.17, 15) is 22.1 Å². The molecule has 0 aliphatic rings. The van der Waals surface area contributed by atoms with Crippen LogP contribution in [0.25, 0.3) is 0 Å². The molecule has 0 heterocycles. The second-order valence-corrected chi connectivity index (χ2v) is 1.07. The van der Waals surface area contributed by atoms with Gasteiger partial charge >= 0.3 is 0 Å². The van der Waals surface area contributed by atoms with Crippen molar-refractivity contribution in [3.63, 3.8) is 0 Å². The van der Waals surface area contributed by atoms with Gasteiger partial charge in [0.2, 0.25) is 0 Å². The largest absolute Gasteiger partial charge is 0.298 e. The molecular weight excluding hydrogens is 159 g/mol. The number of halogens is 5. The Labute approximate surface area is 54.7 Å². The van der Waals surface area contributed by atoms with Crippen LogP contribution in [0.2, 0.25) is 0 Å². The summed E-state index contributed by atoms with van der Waals surface area (Å²) in [5.74, 6) is 0. The molecule has 0 atom stereocenters. The molecule has 0 unspecified atom stereocenters. The Hall–Kier alpha value is -0.390. The molecule has 0 aromatic heterocycles. The standard InChI is InChI=1S/C2H2F4.C2H5FO/c3-1(4)2(5)6;1-2-4-3/h1-2H;2H2,1H3. The maximum absolute atomic E-state index is 10.4. The smallest absolute Gasteiger partial charge is 0.204 e. The molecule has 6 heteroatoms. The van der Waals surface area contributed by atoms with Gasteiger partial charge in [0.05, 0.1) is 6.61 Å². The average Bonchev–Trinajstić information content (AvgIpc) is 1.89. The van der Waals surface area contributed by atoms with Crippen molar-refractivity contribution in [1.82, 2.24) is 0 Å². The van der Waals surface area contributed by atoms with E-state index in [4.69, 9.17) is 0 Å². The summed E-state index contributed by atoms with van der Waals surface area (Å²) in [6.07, 6.45) is -6.96. The average molecular weight is 166 g/mol. The molecule has 0 saturated carbocycles. The van der Waals surface area contributed by atoms with Crippen LogP contribution in [0.3, 0.4) is 0 Å². The minimum Gasteiger partial charge on any atom is -0.204 e. The molecule has 0 aromatic rings. The Morgan fingerprint density at radius 1 is 1.10 bits per heavy atom. The Morgan fingerprint density at radius 2 is 1.30 bits per heavy atom. The first-order chi connectivity index (χ1) is 4.56. The molecule has 10 heavy (non-hydrogen) atoms. The highest BCUT2D eigenvalue weighted by Gasteiger charge is 2.15. The van der Waals surface area contributed by atoms with Crippen LogP contribution in [-0.2, 0) is 4.94 Å². The van der Waals surface area contributed by atoms with E-state index in [0.717, 1.165) is 0 Å². The van der Waals surface area contributed by atoms with Gasteiger partial charge < -0.3 is 0 Å². The van der Waals surface area contributed by atoms with Crippen molar-refractivity contribution in [1.29, 1.82) is 0 Å². The van der Waals surface area contributed by atoms with Gasteiger partial charge in [-0.3, -0.25) is 0 Å². The summed E-state index contributed by atoms with van der Waals surface area (Å²) in [6.45, 7) is 1.74. The van der Waals surface area contributed by atoms with Crippen molar-refractivity contribution < 1.29 is 27.0 Å². The lowest BCUT2D eigenvalue weighted by Gasteiger charge is -1.89. The molecule has 0 aromatic carbocycles. The van der Waals surface area contributed by atoms with E-state index >= 15 is 0 Å². The molecule has 64 valence electrons. The fourth-order valence-electron chi connectivity index (χ4n) is 0. The number of alkyl halides is 4. The lowest BCUT2D eigenvalue weighted by atomic mass is 10.8. The highest BCUT2D eigenvalue weighted by molar-refractivity contribution is 4.35. The molecule has 0 spiro atoms. The van der Waals surface area contributed by atoms with Crippen LogP contribution in [0.5, 0.6) is 0 Å². The summed E-state index contributed by atoms with van der Waals surface area (Å²) in [7, 11) is 0. The molecule has 1 nitrogen and oxygen atoms in total. The predicted octanol–water partition coefficient (Wildman–Crippen LogP) is 2.42. The predicted molar refractivity (Wildman–Crippen MR) is 24.7 cm³/mol. The monoisotopic (exact) mass is 166 g/mol. The maximum atomic E-state index is 10.4. The molecule has 0 N–H and O–H groups in total. The normalized spacial score (nSPS) is 9.60. The highest BCUT2D eigenvalue weighted by Crippen LogP contribution is 2.04. The fourth-order valence-corrected chi connectivity index (χ4v) is 0. The second-order valence-electron chi connectivity index (χ2n) is 1.07. The first-order valence-corrected chi connectivity index (χ1v) is 2.36. The van der Waals surface area contributed by atoms with Gasteiger partial charge in [-0.1, -0.05) is 0 Å². The van der Waals surface area contributed by atoms with Gasteiger partial charge in [0.15, 0.2) is 0 Å². The number of hydrogen-bond acceptors (Lipinski definition) is 1. The van der Waals surface area contributed by atoms with Gasteiger partial charge in [0.25, 0.3) is 12.9 Å². The second kappa shape index (κ2) is 8.61. The third-order valence-corrected chi connectivity index (χ3v) is 0.300. The fraction of sp³-hybridized carbons (Fsp3) is 1.00. The summed E-state index contributed by atoms with van der Waals surface area (Å²) < 4.78 is 51.9. The van der Waals surface area contributed by atoms with Gasteiger partial charge in [-0.15, -0.1) is 0 Å². The van der Waals surface area contributed by atoms with Gasteiger partial charge in [0.1, 0.15) is 0 Å². The first kappa shape index (κ1) is 12.3. The van der Waals surface area contributed by atoms with E-state index < -0.39 is 12.9 Å². The van der Waals surface area contributed by atoms with Crippen molar-refractivity contribution in [3.8, 4) is 0 Å². The summed E-state index contributed by atoms with van der Waals surface area (Å²) in [5.41, 5.74) is 0. The van der Waals surface area contributed by atoms with Crippen molar-refractivity contribution >= 4 is 0 Å². The van der Waals surface area contributed by atoms with E-state index in [1.807, 2.05) is 0 Å². The minimum absolute atomic E-state index is 0.153. The van der Waals surface area contributed by atoms with Crippen LogP contribution < -0.4 is 0 Å². The van der Waals surface area contributed by atoms with Crippen LogP contribution >= 0.6 is 0 Å². The van der Waals surface area contributed by atoms with Crippen LogP contribution in [-0.4, -0.2) is 19.5 Å². The number of hydrogen-bond donors (Lipinski definition) is 0. The van der Waals surface area contributed by atoms with Crippen molar-refractivity contribution in [2.24, 2.45) is 0 Å². The van der Waals surface area contributed by atoms with Crippen LogP contribution in [0.4, 0.5) is 22.1 Å². The Balaban J connectivity index is 0. The third kappa shape index (κ3) is 15.6. The van der Waals surface area contributed by atoms with Gasteiger partial charge in [-0.2, -0.15) is 4.94 Å². The lowest BCUT2D eigenvalue weighted by Crippen LogP contribution is -2.02. The summed E-state index contributed by atoms with van der Waals surface area (Å²) in [4.78, 5) is 3.04.